The number of carboxylic acids is 2. The minimum Gasteiger partial charge on any atom is -0.481 e. The van der Waals surface area contributed by atoms with Gasteiger partial charge in [-0.15, -0.1) is 0 Å². The zero-order valence-corrected chi connectivity index (χ0v) is 42.7. The first kappa shape index (κ1) is 54.5. The average molecular weight is 1020 g/mol. The Hall–Kier alpha value is -8.28. The third kappa shape index (κ3) is 13.1. The van der Waals surface area contributed by atoms with Gasteiger partial charge in [-0.3, -0.25) is 33.6 Å². The van der Waals surface area contributed by atoms with E-state index < -0.39 is 108 Å². The topological polar surface area (TPSA) is 281 Å². The fourth-order valence-electron chi connectivity index (χ4n) is 9.98. The van der Waals surface area contributed by atoms with Crippen molar-refractivity contribution >= 4 is 69.2 Å². The van der Waals surface area contributed by atoms with E-state index in [1.165, 1.54) is 6.92 Å². The molecule has 0 saturated heterocycles. The Morgan fingerprint density at radius 2 is 0.960 bits per heavy atom. The van der Waals surface area contributed by atoms with Gasteiger partial charge in [0, 0.05) is 59.9 Å². The molecule has 0 fully saturated rings. The van der Waals surface area contributed by atoms with Gasteiger partial charge in [-0.25, -0.2) is 4.79 Å². The number of carboxylic acid groups (broad SMARTS) is 2. The number of carbonyl (C=O) groups is 8. The van der Waals surface area contributed by atoms with Crippen molar-refractivity contribution in [2.24, 2.45) is 11.8 Å². The van der Waals surface area contributed by atoms with Crippen LogP contribution < -0.4 is 31.9 Å². The first-order chi connectivity index (χ1) is 36.0. The summed E-state index contributed by atoms with van der Waals surface area (Å²) < 4.78 is 0. The van der Waals surface area contributed by atoms with Crippen molar-refractivity contribution in [3.05, 3.63) is 143 Å². The van der Waals surface area contributed by atoms with Gasteiger partial charge >= 0.3 is 11.9 Å². The molecule has 0 aliphatic heterocycles. The quantitative estimate of drug-likeness (QED) is 0.0413. The lowest BCUT2D eigenvalue weighted by Gasteiger charge is -2.31. The number of H-pyrrole nitrogens is 2. The van der Waals surface area contributed by atoms with Gasteiger partial charge in [0.2, 0.25) is 35.4 Å². The van der Waals surface area contributed by atoms with E-state index in [-0.39, 0.29) is 12.8 Å². The van der Waals surface area contributed by atoms with Crippen LogP contribution in [0.1, 0.15) is 93.2 Å². The van der Waals surface area contributed by atoms with Gasteiger partial charge in [0.05, 0.1) is 6.42 Å². The molecule has 7 rings (SSSR count). The van der Waals surface area contributed by atoms with Crippen molar-refractivity contribution in [3.63, 3.8) is 0 Å². The molecule has 18 heteroatoms. The highest BCUT2D eigenvalue weighted by molar-refractivity contribution is 5.99. The van der Waals surface area contributed by atoms with Crippen molar-refractivity contribution in [1.82, 2.24) is 41.9 Å². The fraction of sp³-hybridized carbons (Fsp3) is 0.368. The Kier molecular flexibility index (Phi) is 17.9. The van der Waals surface area contributed by atoms with Gasteiger partial charge in [-0.1, -0.05) is 125 Å². The highest BCUT2D eigenvalue weighted by Crippen LogP contribution is 2.37. The Bertz CT molecular complexity index is 3030. The lowest BCUT2D eigenvalue weighted by atomic mass is 9.82. The molecule has 0 bridgehead atoms. The molecule has 2 heterocycles. The summed E-state index contributed by atoms with van der Waals surface area (Å²) in [4.78, 5) is 117. The molecule has 1 aliphatic carbocycles. The van der Waals surface area contributed by atoms with Gasteiger partial charge < -0.3 is 52.1 Å². The molecule has 6 aromatic rings. The molecular weight excluding hydrogens is 957 g/mol. The number of carbonyl (C=O) groups excluding carboxylic acids is 6. The second-order valence-corrected chi connectivity index (χ2v) is 19.5. The lowest BCUT2D eigenvalue weighted by molar-refractivity contribution is -0.142. The van der Waals surface area contributed by atoms with E-state index in [0.717, 1.165) is 44.1 Å². The Labute approximate surface area is 434 Å². The number of aromatic nitrogens is 2. The molecular formula is C57H66N8O10. The molecule has 0 unspecified atom stereocenters. The van der Waals surface area contributed by atoms with Crippen LogP contribution in [0.25, 0.3) is 21.8 Å². The summed E-state index contributed by atoms with van der Waals surface area (Å²) in [6, 6.07) is 21.6. The van der Waals surface area contributed by atoms with E-state index in [0.29, 0.717) is 36.8 Å². The molecule has 0 spiro atoms. The van der Waals surface area contributed by atoms with Crippen molar-refractivity contribution < 1.29 is 48.6 Å². The lowest BCUT2D eigenvalue weighted by Crippen LogP contribution is -2.62. The summed E-state index contributed by atoms with van der Waals surface area (Å²) in [5.74, 6) is -9.22. The van der Waals surface area contributed by atoms with E-state index in [1.807, 2.05) is 97.1 Å². The van der Waals surface area contributed by atoms with Gasteiger partial charge in [0.1, 0.15) is 36.3 Å². The Morgan fingerprint density at radius 3 is 1.45 bits per heavy atom. The summed E-state index contributed by atoms with van der Waals surface area (Å²) in [6.07, 6.45) is 4.37. The van der Waals surface area contributed by atoms with Crippen LogP contribution in [0.5, 0.6) is 0 Å². The maximum atomic E-state index is 15.0. The number of amides is 6. The van der Waals surface area contributed by atoms with Crippen LogP contribution in [0.2, 0.25) is 0 Å². The predicted octanol–water partition coefficient (Wildman–Crippen LogP) is 4.95. The third-order valence-corrected chi connectivity index (χ3v) is 14.5. The van der Waals surface area contributed by atoms with Crippen LogP contribution in [0, 0.1) is 11.8 Å². The van der Waals surface area contributed by atoms with Crippen LogP contribution in [-0.2, 0) is 64.0 Å². The zero-order valence-electron chi connectivity index (χ0n) is 42.7. The van der Waals surface area contributed by atoms with Crippen molar-refractivity contribution in [2.75, 3.05) is 0 Å². The molecule has 8 atom stereocenters. The standard InChI is InChI=1S/C57H66N8O10/c1-6-31(3)49(54(71)63-46(57(74)75)27-37-30-59-43-23-15-13-19-39(37)43)65-55(72)50(32(4)7-2)64-53(70)45(28-47(67)68)61-52(69)44(26-36-29-58-42-22-14-12-18-38(36)42)62-56(73)51(60-33(5)66)48-40-20-10-8-16-34(40)24-25-35-17-9-11-21-41(35)48/h8-23,29-32,44-46,48-51,58-59H,6-7,24-28H2,1-5H3,(H,60,66)(H,61,69)(H,62,73)(H,63,71)(H,64,70)(H,65,72)(H,67,68)(H,74,75)/t31-,32-,44-,45-,46-,49-,50-,51+/m0/s1. The number of benzene rings is 4. The summed E-state index contributed by atoms with van der Waals surface area (Å²) in [6.45, 7) is 8.27. The molecule has 0 radical (unpaired) electrons. The van der Waals surface area contributed by atoms with Gasteiger partial charge in [0.25, 0.3) is 0 Å². The minimum absolute atomic E-state index is 0.0553. The molecule has 4 aromatic carbocycles. The smallest absolute Gasteiger partial charge is 0.326 e. The van der Waals surface area contributed by atoms with Crippen LogP contribution in [0.15, 0.2) is 109 Å². The molecule has 75 heavy (non-hydrogen) atoms. The van der Waals surface area contributed by atoms with Crippen molar-refractivity contribution in [1.29, 1.82) is 0 Å². The number of aryl methyl sites for hydroxylation is 2. The number of nitrogens with one attached hydrogen (secondary N) is 8. The van der Waals surface area contributed by atoms with E-state index >= 15 is 0 Å². The van der Waals surface area contributed by atoms with E-state index in [2.05, 4.69) is 41.9 Å². The van der Waals surface area contributed by atoms with Crippen LogP contribution in [0.4, 0.5) is 0 Å². The van der Waals surface area contributed by atoms with Crippen molar-refractivity contribution in [3.8, 4) is 0 Å². The fourth-order valence-corrected chi connectivity index (χ4v) is 9.98. The second kappa shape index (κ2) is 24.6. The van der Waals surface area contributed by atoms with Crippen LogP contribution in [-0.4, -0.2) is 104 Å². The number of fused-ring (bicyclic) bond motifs is 4. The number of hydrogen-bond acceptors (Lipinski definition) is 8. The Morgan fingerprint density at radius 1 is 0.533 bits per heavy atom. The summed E-state index contributed by atoms with van der Waals surface area (Å²) in [5, 5.41) is 38.2. The molecule has 10 N–H and O–H groups in total. The van der Waals surface area contributed by atoms with Gasteiger partial charge in [0.15, 0.2) is 0 Å². The monoisotopic (exact) mass is 1020 g/mol. The normalized spacial score (nSPS) is 15.5. The zero-order chi connectivity index (χ0) is 53.9. The number of aliphatic carboxylic acids is 2. The SMILES string of the molecule is CC[C@H](C)[C@H](NC(=O)[C@H](CC(=O)O)NC(=O)[C@H](Cc1c[nH]c2ccccc12)NC(=O)[C@H](NC(C)=O)C1c2ccccc2CCc2ccccc21)C(=O)N[C@H](C(=O)N[C@@H](Cc1c[nH]c2ccccc12)C(=O)O)[C@@H](C)CC. The first-order valence-electron chi connectivity index (χ1n) is 25.5. The largest absolute Gasteiger partial charge is 0.481 e. The minimum atomic E-state index is -1.78. The molecule has 1 aliphatic rings. The second-order valence-electron chi connectivity index (χ2n) is 19.5. The average Bonchev–Trinajstić information content (AvgIpc) is 3.96. The number of rotatable bonds is 23. The molecule has 2 aromatic heterocycles. The van der Waals surface area contributed by atoms with Gasteiger partial charge in [-0.05, 0) is 70.2 Å². The van der Waals surface area contributed by atoms with E-state index in [1.54, 1.807) is 40.1 Å². The molecule has 394 valence electrons. The first-order valence-corrected chi connectivity index (χ1v) is 25.5. The van der Waals surface area contributed by atoms with Crippen LogP contribution in [0.3, 0.4) is 0 Å². The van der Waals surface area contributed by atoms with E-state index in [9.17, 15) is 48.6 Å². The number of hydrogen-bond donors (Lipinski definition) is 10. The number of para-hydroxylation sites is 2. The Balaban J connectivity index is 1.14. The van der Waals surface area contributed by atoms with Gasteiger partial charge in [-0.2, -0.15) is 0 Å². The molecule has 18 nitrogen and oxygen atoms in total. The predicted molar refractivity (Wildman–Crippen MR) is 282 cm³/mol. The highest BCUT2D eigenvalue weighted by Gasteiger charge is 2.40. The maximum Gasteiger partial charge on any atom is 0.326 e. The third-order valence-electron chi connectivity index (χ3n) is 14.5. The molecule has 0 saturated carbocycles. The highest BCUT2D eigenvalue weighted by atomic mass is 16.4. The molecule has 6 amide bonds. The number of aromatic amines is 2. The van der Waals surface area contributed by atoms with E-state index in [4.69, 9.17) is 0 Å². The summed E-state index contributed by atoms with van der Waals surface area (Å²) >= 11 is 0. The summed E-state index contributed by atoms with van der Waals surface area (Å²) in [7, 11) is 0. The van der Waals surface area contributed by atoms with Crippen LogP contribution >= 0.6 is 0 Å². The summed E-state index contributed by atoms with van der Waals surface area (Å²) in [5.41, 5.74) is 6.46. The van der Waals surface area contributed by atoms with Crippen molar-refractivity contribution in [2.45, 2.75) is 122 Å². The maximum absolute atomic E-state index is 15.0.